The number of benzene rings is 2. The molecule has 1 saturated heterocycles. The third-order valence-corrected chi connectivity index (χ3v) is 5.47. The van der Waals surface area contributed by atoms with E-state index in [1.165, 1.54) is 14.4 Å². The number of amides is 3. The highest BCUT2D eigenvalue weighted by molar-refractivity contribution is 6.13. The van der Waals surface area contributed by atoms with Gasteiger partial charge in [-0.15, -0.1) is 10.2 Å². The highest BCUT2D eigenvalue weighted by Gasteiger charge is 2.43. The lowest BCUT2D eigenvalue weighted by molar-refractivity contribution is -0.127. The molecule has 3 amide bonds. The maximum absolute atomic E-state index is 13.1. The Morgan fingerprint density at radius 1 is 0.933 bits per heavy atom. The minimum Gasteiger partial charge on any atom is -0.282 e. The Hall–Kier alpha value is -4.01. The Bertz CT molecular complexity index is 1370. The van der Waals surface area contributed by atoms with Crippen LogP contribution in [0.3, 0.4) is 0 Å². The van der Waals surface area contributed by atoms with Gasteiger partial charge >= 0.3 is 6.03 Å². The number of rotatable bonds is 3. The first-order chi connectivity index (χ1) is 14.5. The van der Waals surface area contributed by atoms with E-state index < -0.39 is 12.1 Å². The van der Waals surface area contributed by atoms with Crippen molar-refractivity contribution in [2.24, 2.45) is 7.05 Å². The molecule has 2 aromatic carbocycles. The van der Waals surface area contributed by atoms with Gasteiger partial charge in [-0.2, -0.15) is 0 Å². The lowest BCUT2D eigenvalue weighted by atomic mass is 10.2. The first-order valence-corrected chi connectivity index (χ1v) is 9.50. The molecule has 1 aliphatic heterocycles. The van der Waals surface area contributed by atoms with Crippen molar-refractivity contribution >= 4 is 34.3 Å². The third-order valence-electron chi connectivity index (χ3n) is 5.47. The van der Waals surface area contributed by atoms with Crippen LogP contribution in [-0.4, -0.2) is 42.0 Å². The number of hydrogen-bond donors (Lipinski definition) is 0. The van der Waals surface area contributed by atoms with Crippen LogP contribution in [0.15, 0.2) is 59.4 Å². The zero-order valence-corrected chi connectivity index (χ0v) is 16.4. The average molecular weight is 402 g/mol. The van der Waals surface area contributed by atoms with E-state index in [4.69, 9.17) is 0 Å². The second-order valence-electron chi connectivity index (χ2n) is 7.22. The molecule has 30 heavy (non-hydrogen) atoms. The molecule has 1 unspecified atom stereocenters. The van der Waals surface area contributed by atoms with Crippen molar-refractivity contribution in [3.05, 3.63) is 70.8 Å². The number of para-hydroxylation sites is 2. The molecule has 2 aromatic heterocycles. The van der Waals surface area contributed by atoms with Crippen molar-refractivity contribution in [2.75, 3.05) is 4.90 Å². The normalized spacial score (nSPS) is 16.9. The Morgan fingerprint density at radius 3 is 2.40 bits per heavy atom. The summed E-state index contributed by atoms with van der Waals surface area (Å²) in [5.41, 5.74) is 1.10. The summed E-state index contributed by atoms with van der Waals surface area (Å²) in [4.78, 5) is 41.2. The van der Waals surface area contributed by atoms with E-state index in [1.807, 2.05) is 24.3 Å². The number of aryl methyl sites for hydroxylation is 1. The fraction of sp³-hybridized carbons (Fsp3) is 0.190. The molecular weight excluding hydrogens is 384 g/mol. The minimum absolute atomic E-state index is 0.0469. The summed E-state index contributed by atoms with van der Waals surface area (Å²) in [6.45, 7) is 1.66. The molecular formula is C21H18N6O3. The van der Waals surface area contributed by atoms with Crippen molar-refractivity contribution in [3.63, 3.8) is 0 Å². The van der Waals surface area contributed by atoms with Crippen LogP contribution in [0.4, 0.5) is 10.5 Å². The van der Waals surface area contributed by atoms with Gasteiger partial charge in [0.2, 0.25) is 5.78 Å². The Morgan fingerprint density at radius 2 is 1.63 bits per heavy atom. The summed E-state index contributed by atoms with van der Waals surface area (Å²) in [7, 11) is 1.62. The zero-order valence-electron chi connectivity index (χ0n) is 16.4. The minimum atomic E-state index is -0.625. The van der Waals surface area contributed by atoms with E-state index in [-0.39, 0.29) is 18.0 Å². The molecule has 150 valence electrons. The van der Waals surface area contributed by atoms with E-state index in [9.17, 15) is 14.4 Å². The topological polar surface area (TPSA) is 92.8 Å². The van der Waals surface area contributed by atoms with Crippen LogP contribution in [-0.2, 0) is 18.4 Å². The summed E-state index contributed by atoms with van der Waals surface area (Å²) >= 11 is 0. The van der Waals surface area contributed by atoms with Gasteiger partial charge in [0.1, 0.15) is 6.04 Å². The van der Waals surface area contributed by atoms with Gasteiger partial charge in [-0.05, 0) is 31.2 Å². The van der Waals surface area contributed by atoms with Gasteiger partial charge in [0.05, 0.1) is 17.4 Å². The van der Waals surface area contributed by atoms with E-state index in [2.05, 4.69) is 10.2 Å². The maximum atomic E-state index is 13.1. The van der Waals surface area contributed by atoms with Crippen molar-refractivity contribution in [1.82, 2.24) is 24.1 Å². The summed E-state index contributed by atoms with van der Waals surface area (Å²) in [5, 5.41) is 8.83. The van der Waals surface area contributed by atoms with E-state index in [1.54, 1.807) is 48.7 Å². The molecule has 9 nitrogen and oxygen atoms in total. The molecule has 0 spiro atoms. The molecule has 0 aliphatic carbocycles. The lowest BCUT2D eigenvalue weighted by Crippen LogP contribution is -2.34. The maximum Gasteiger partial charge on any atom is 0.332 e. The van der Waals surface area contributed by atoms with Crippen LogP contribution < -0.4 is 10.5 Å². The van der Waals surface area contributed by atoms with Crippen LogP contribution >= 0.6 is 0 Å². The molecule has 4 aromatic rings. The molecule has 5 rings (SSSR count). The van der Waals surface area contributed by atoms with Gasteiger partial charge in [0.15, 0.2) is 5.82 Å². The fourth-order valence-electron chi connectivity index (χ4n) is 3.93. The highest BCUT2D eigenvalue weighted by atomic mass is 16.2. The third kappa shape index (κ3) is 2.45. The predicted octanol–water partition coefficient (Wildman–Crippen LogP) is 1.94. The highest BCUT2D eigenvalue weighted by Crippen LogP contribution is 2.27. The van der Waals surface area contributed by atoms with Crippen molar-refractivity contribution in [1.29, 1.82) is 0 Å². The van der Waals surface area contributed by atoms with Crippen molar-refractivity contribution < 1.29 is 9.59 Å². The number of imide groups is 1. The first kappa shape index (κ1) is 18.0. The molecule has 3 heterocycles. The summed E-state index contributed by atoms with van der Waals surface area (Å²) in [6.07, 6.45) is 0. The van der Waals surface area contributed by atoms with Crippen LogP contribution in [0.25, 0.3) is 16.7 Å². The SMILES string of the molecule is CC1C(=O)N(Cc2nnc3n(C)c(=O)c4ccccc4n23)C(=O)N1c1ccccc1. The van der Waals surface area contributed by atoms with Gasteiger partial charge in [-0.1, -0.05) is 30.3 Å². The van der Waals surface area contributed by atoms with Crippen LogP contribution in [0.2, 0.25) is 0 Å². The molecule has 0 bridgehead atoms. The molecule has 1 atom stereocenters. The zero-order chi connectivity index (χ0) is 21.0. The quantitative estimate of drug-likeness (QED) is 0.488. The number of urea groups is 1. The summed E-state index contributed by atoms with van der Waals surface area (Å²) in [5.74, 6) is 0.441. The number of aromatic nitrogens is 4. The van der Waals surface area contributed by atoms with E-state index in [0.29, 0.717) is 28.2 Å². The van der Waals surface area contributed by atoms with Crippen molar-refractivity contribution in [3.8, 4) is 0 Å². The Labute approximate surface area is 170 Å². The van der Waals surface area contributed by atoms with Gasteiger partial charge in [-0.25, -0.2) is 4.79 Å². The molecule has 0 radical (unpaired) electrons. The van der Waals surface area contributed by atoms with Gasteiger partial charge in [0, 0.05) is 12.7 Å². The number of fused-ring (bicyclic) bond motifs is 3. The largest absolute Gasteiger partial charge is 0.332 e. The number of carbonyl (C=O) groups is 2. The molecule has 1 aliphatic rings. The number of carbonyl (C=O) groups excluding carboxylic acids is 2. The average Bonchev–Trinajstić information content (AvgIpc) is 3.28. The summed E-state index contributed by atoms with van der Waals surface area (Å²) < 4.78 is 3.12. The van der Waals surface area contributed by atoms with E-state index >= 15 is 0 Å². The van der Waals surface area contributed by atoms with Gasteiger partial charge < -0.3 is 0 Å². The van der Waals surface area contributed by atoms with Gasteiger partial charge in [-0.3, -0.25) is 28.4 Å². The lowest BCUT2D eigenvalue weighted by Gasteiger charge is -2.19. The van der Waals surface area contributed by atoms with Crippen LogP contribution in [0.1, 0.15) is 12.7 Å². The number of nitrogens with zero attached hydrogens (tertiary/aromatic N) is 6. The molecule has 1 fully saturated rings. The molecule has 9 heteroatoms. The van der Waals surface area contributed by atoms with Crippen LogP contribution in [0.5, 0.6) is 0 Å². The second kappa shape index (κ2) is 6.51. The number of hydrogen-bond acceptors (Lipinski definition) is 5. The molecule has 0 N–H and O–H groups in total. The first-order valence-electron chi connectivity index (χ1n) is 9.50. The Kier molecular flexibility index (Phi) is 3.92. The second-order valence-corrected chi connectivity index (χ2v) is 7.22. The monoisotopic (exact) mass is 402 g/mol. The van der Waals surface area contributed by atoms with Crippen molar-refractivity contribution in [2.45, 2.75) is 19.5 Å². The number of anilines is 1. The predicted molar refractivity (Wildman–Crippen MR) is 110 cm³/mol. The smallest absolute Gasteiger partial charge is 0.282 e. The standard InChI is InChI=1S/C21H18N6O3/c1-13-18(28)25(21(30)26(13)14-8-4-3-5-9-14)12-17-22-23-20-24(2)19(29)15-10-6-7-11-16(15)27(17)20/h3-11,13H,12H2,1-2H3. The Balaban J connectivity index is 1.61. The summed E-state index contributed by atoms with van der Waals surface area (Å²) in [6, 6.07) is 15.2. The fourth-order valence-corrected chi connectivity index (χ4v) is 3.93. The van der Waals surface area contributed by atoms with E-state index in [0.717, 1.165) is 0 Å². The molecule has 0 saturated carbocycles. The van der Waals surface area contributed by atoms with Gasteiger partial charge in [0.25, 0.3) is 11.5 Å². The van der Waals surface area contributed by atoms with Crippen LogP contribution in [0, 0.1) is 0 Å².